The Morgan fingerprint density at radius 3 is 2.48 bits per heavy atom. The number of fused-ring (bicyclic) bond motifs is 4. The normalized spacial score (nSPS) is 30.5. The van der Waals surface area contributed by atoms with E-state index in [1.807, 2.05) is 0 Å². The van der Waals surface area contributed by atoms with E-state index in [4.69, 9.17) is 0 Å². The van der Waals surface area contributed by atoms with Crippen LogP contribution in [0.4, 0.5) is 8.78 Å². The highest BCUT2D eigenvalue weighted by atomic mass is 35.5. The van der Waals surface area contributed by atoms with E-state index in [0.717, 1.165) is 25.9 Å². The number of alkyl halides is 2. The molecule has 1 unspecified atom stereocenters. The highest BCUT2D eigenvalue weighted by molar-refractivity contribution is 5.95. The largest absolute Gasteiger partial charge is 0.586 e. The van der Waals surface area contributed by atoms with Gasteiger partial charge in [0.1, 0.15) is 0 Å². The molecule has 0 aliphatic carbocycles. The van der Waals surface area contributed by atoms with Gasteiger partial charge in [0.05, 0.1) is 0 Å². The zero-order chi connectivity index (χ0) is 17.1. The highest BCUT2D eigenvalue weighted by Crippen LogP contribution is 2.42. The maximum atomic E-state index is 13.1. The van der Waals surface area contributed by atoms with Crippen LogP contribution in [0.1, 0.15) is 37.0 Å². The van der Waals surface area contributed by atoms with Crippen LogP contribution in [0.3, 0.4) is 0 Å². The van der Waals surface area contributed by atoms with E-state index in [1.54, 1.807) is 0 Å². The van der Waals surface area contributed by atoms with Crippen molar-refractivity contribution in [3.8, 4) is 11.5 Å². The van der Waals surface area contributed by atoms with Gasteiger partial charge in [0.15, 0.2) is 11.5 Å². The van der Waals surface area contributed by atoms with E-state index >= 15 is 0 Å². The van der Waals surface area contributed by atoms with Crippen molar-refractivity contribution in [2.45, 2.75) is 44.6 Å². The molecule has 1 aromatic rings. The lowest BCUT2D eigenvalue weighted by Gasteiger charge is -2.56. The van der Waals surface area contributed by atoms with Gasteiger partial charge in [-0.05, 0) is 63.9 Å². The number of rotatable bonds is 2. The molecule has 0 radical (unpaired) electrons. The molecule has 1 atom stereocenters. The van der Waals surface area contributed by atoms with Crippen LogP contribution in [0.15, 0.2) is 18.2 Å². The summed E-state index contributed by atoms with van der Waals surface area (Å²) in [6.45, 7) is 6.40. The number of carbonyl (C=O) groups excluding carboxylic acids is 1. The summed E-state index contributed by atoms with van der Waals surface area (Å²) < 4.78 is 35.0. The molecule has 0 spiro atoms. The van der Waals surface area contributed by atoms with Crippen molar-refractivity contribution in [3.05, 3.63) is 23.8 Å². The van der Waals surface area contributed by atoms with Crippen molar-refractivity contribution < 1.29 is 23.0 Å². The van der Waals surface area contributed by atoms with Gasteiger partial charge in [0.25, 0.3) is 5.91 Å². The number of halogens is 3. The fourth-order valence-electron chi connectivity index (χ4n) is 4.19. The number of hydrogen-bond donors (Lipinski definition) is 1. The average Bonchev–Trinajstić information content (AvgIpc) is 2.83. The SMILES string of the molecule is CC1(C)C(NC(=O)c2ccc3c(c2)OC(F)(F)O3)C2CCN1CC2.Cl. The molecule has 25 heavy (non-hydrogen) atoms. The Balaban J connectivity index is 0.00000182. The van der Waals surface area contributed by atoms with Crippen LogP contribution in [-0.2, 0) is 0 Å². The number of nitrogens with zero attached hydrogens (tertiary/aromatic N) is 1. The summed E-state index contributed by atoms with van der Waals surface area (Å²) in [6, 6.07) is 4.17. The molecular weight excluding hydrogens is 354 g/mol. The van der Waals surface area contributed by atoms with Crippen LogP contribution in [0, 0.1) is 5.92 Å². The zero-order valence-corrected chi connectivity index (χ0v) is 14.9. The molecule has 4 heterocycles. The van der Waals surface area contributed by atoms with Crippen molar-refractivity contribution in [3.63, 3.8) is 0 Å². The lowest BCUT2D eigenvalue weighted by Crippen LogP contribution is -2.69. The Hall–Kier alpha value is -1.60. The summed E-state index contributed by atoms with van der Waals surface area (Å²) in [6.07, 6.45) is -1.53. The molecule has 4 aliphatic rings. The predicted molar refractivity (Wildman–Crippen MR) is 89.5 cm³/mol. The van der Waals surface area contributed by atoms with E-state index in [2.05, 4.69) is 33.5 Å². The Morgan fingerprint density at radius 2 is 1.84 bits per heavy atom. The first kappa shape index (κ1) is 18.2. The van der Waals surface area contributed by atoms with Crippen molar-refractivity contribution in [1.29, 1.82) is 0 Å². The molecule has 0 saturated carbocycles. The maximum absolute atomic E-state index is 13.1. The molecule has 1 aromatic carbocycles. The standard InChI is InChI=1S/C17H20F2N2O3.ClH/c1-16(2)14(10-5-7-21(16)8-6-10)20-15(22)11-3-4-12-13(9-11)24-17(18,19)23-12;/h3-4,9-10,14H,5-8H2,1-2H3,(H,20,22);1H. The van der Waals surface area contributed by atoms with E-state index < -0.39 is 6.29 Å². The van der Waals surface area contributed by atoms with Gasteiger partial charge in [-0.25, -0.2) is 0 Å². The lowest BCUT2D eigenvalue weighted by molar-refractivity contribution is -0.286. The maximum Gasteiger partial charge on any atom is 0.586 e. The number of benzene rings is 1. The molecule has 8 heteroatoms. The van der Waals surface area contributed by atoms with Gasteiger partial charge in [0, 0.05) is 17.1 Å². The van der Waals surface area contributed by atoms with Gasteiger partial charge in [0.2, 0.25) is 0 Å². The summed E-state index contributed by atoms with van der Waals surface area (Å²) in [7, 11) is 0. The van der Waals surface area contributed by atoms with Crippen LogP contribution >= 0.6 is 12.4 Å². The van der Waals surface area contributed by atoms with E-state index in [-0.39, 0.29) is 41.4 Å². The summed E-state index contributed by atoms with van der Waals surface area (Å²) >= 11 is 0. The smallest absolute Gasteiger partial charge is 0.395 e. The van der Waals surface area contributed by atoms with Crippen LogP contribution in [-0.4, -0.2) is 41.8 Å². The minimum atomic E-state index is -3.67. The second-order valence-electron chi connectivity index (χ2n) is 7.26. The molecule has 0 aromatic heterocycles. The minimum Gasteiger partial charge on any atom is -0.395 e. The van der Waals surface area contributed by atoms with Crippen LogP contribution in [0.5, 0.6) is 11.5 Å². The Morgan fingerprint density at radius 1 is 1.20 bits per heavy atom. The Labute approximate surface area is 151 Å². The number of amides is 1. The van der Waals surface area contributed by atoms with Crippen molar-refractivity contribution in [1.82, 2.24) is 10.2 Å². The Kier molecular flexibility index (Phi) is 4.36. The van der Waals surface area contributed by atoms with E-state index in [0.29, 0.717) is 11.5 Å². The van der Waals surface area contributed by atoms with Crippen LogP contribution in [0.2, 0.25) is 0 Å². The molecular formula is C17H21ClF2N2O3. The predicted octanol–water partition coefficient (Wildman–Crippen LogP) is 3.03. The second-order valence-corrected chi connectivity index (χ2v) is 7.26. The molecule has 5 rings (SSSR count). The third-order valence-corrected chi connectivity index (χ3v) is 5.54. The summed E-state index contributed by atoms with van der Waals surface area (Å²) in [4.78, 5) is 15.0. The number of piperidine rings is 3. The zero-order valence-electron chi connectivity index (χ0n) is 14.1. The van der Waals surface area contributed by atoms with E-state index in [1.165, 1.54) is 18.2 Å². The average molecular weight is 375 g/mol. The molecule has 1 amide bonds. The van der Waals surface area contributed by atoms with Gasteiger partial charge in [-0.3, -0.25) is 9.69 Å². The van der Waals surface area contributed by atoms with Crippen molar-refractivity contribution in [2.24, 2.45) is 5.92 Å². The summed E-state index contributed by atoms with van der Waals surface area (Å²) in [5.41, 5.74) is 0.183. The minimum absolute atomic E-state index is 0. The topological polar surface area (TPSA) is 50.8 Å². The van der Waals surface area contributed by atoms with Gasteiger partial charge < -0.3 is 14.8 Å². The van der Waals surface area contributed by atoms with Crippen LogP contribution < -0.4 is 14.8 Å². The van der Waals surface area contributed by atoms with E-state index in [9.17, 15) is 13.6 Å². The highest BCUT2D eigenvalue weighted by Gasteiger charge is 2.48. The number of hydrogen-bond acceptors (Lipinski definition) is 4. The van der Waals surface area contributed by atoms with Gasteiger partial charge >= 0.3 is 6.29 Å². The van der Waals surface area contributed by atoms with Gasteiger partial charge in [-0.1, -0.05) is 0 Å². The third-order valence-electron chi connectivity index (χ3n) is 5.54. The van der Waals surface area contributed by atoms with Gasteiger partial charge in [-0.15, -0.1) is 21.2 Å². The first-order valence-electron chi connectivity index (χ1n) is 8.22. The first-order valence-corrected chi connectivity index (χ1v) is 8.22. The fraction of sp³-hybridized carbons (Fsp3) is 0.588. The third kappa shape index (κ3) is 3.04. The molecule has 5 nitrogen and oxygen atoms in total. The molecule has 3 saturated heterocycles. The lowest BCUT2D eigenvalue weighted by atomic mass is 9.72. The van der Waals surface area contributed by atoms with Crippen molar-refractivity contribution in [2.75, 3.05) is 13.1 Å². The first-order chi connectivity index (χ1) is 11.3. The van der Waals surface area contributed by atoms with Gasteiger partial charge in [-0.2, -0.15) is 0 Å². The summed E-state index contributed by atoms with van der Waals surface area (Å²) in [5.74, 6) is 0.0104. The molecule has 1 N–H and O–H groups in total. The number of nitrogens with one attached hydrogen (secondary N) is 1. The molecule has 2 bridgehead atoms. The molecule has 3 fully saturated rings. The Bertz CT molecular complexity index is 690. The quantitative estimate of drug-likeness (QED) is 0.864. The van der Waals surface area contributed by atoms with Crippen molar-refractivity contribution >= 4 is 18.3 Å². The number of ether oxygens (including phenoxy) is 2. The molecule has 138 valence electrons. The monoisotopic (exact) mass is 374 g/mol. The summed E-state index contributed by atoms with van der Waals surface area (Å²) in [5, 5.41) is 3.10. The fourth-order valence-corrected chi connectivity index (χ4v) is 4.19. The molecule has 4 aliphatic heterocycles. The number of carbonyl (C=O) groups is 1. The van der Waals surface area contributed by atoms with Crippen LogP contribution in [0.25, 0.3) is 0 Å². The second kappa shape index (κ2) is 5.99.